The lowest BCUT2D eigenvalue weighted by Gasteiger charge is -2.22. The molecule has 5 heteroatoms. The van der Waals surface area contributed by atoms with E-state index in [9.17, 15) is 5.41 Å². The molecule has 52 heavy (non-hydrogen) atoms. The van der Waals surface area contributed by atoms with Crippen molar-refractivity contribution in [1.29, 1.82) is 5.41 Å². The summed E-state index contributed by atoms with van der Waals surface area (Å²) in [4.78, 5) is 14.9. The highest BCUT2D eigenvalue weighted by Crippen LogP contribution is 2.50. The highest BCUT2D eigenvalue weighted by Gasteiger charge is 2.36. The number of anilines is 2. The van der Waals surface area contributed by atoms with E-state index in [0.717, 1.165) is 61.1 Å². The Bertz CT molecular complexity index is 2570. The third-order valence-corrected chi connectivity index (χ3v) is 10.1. The van der Waals surface area contributed by atoms with Gasteiger partial charge in [0.25, 0.3) is 0 Å². The van der Waals surface area contributed by atoms with Crippen LogP contribution in [0.2, 0.25) is 0 Å². The second-order valence-corrected chi connectivity index (χ2v) is 13.8. The van der Waals surface area contributed by atoms with Crippen LogP contribution >= 0.6 is 0 Å². The summed E-state index contributed by atoms with van der Waals surface area (Å²) in [6.07, 6.45) is 0. The number of benzene rings is 7. The molecule has 248 valence electrons. The van der Waals surface area contributed by atoms with Gasteiger partial charge < -0.3 is 5.32 Å². The molecule has 9 rings (SSSR count). The van der Waals surface area contributed by atoms with Crippen LogP contribution in [-0.2, 0) is 5.41 Å². The number of para-hydroxylation sites is 1. The summed E-state index contributed by atoms with van der Waals surface area (Å²) >= 11 is 0. The third kappa shape index (κ3) is 5.53. The van der Waals surface area contributed by atoms with Crippen molar-refractivity contribution in [1.82, 2.24) is 15.0 Å². The van der Waals surface area contributed by atoms with Crippen molar-refractivity contribution in [2.24, 2.45) is 0 Å². The maximum Gasteiger partial charge on any atom is 0.164 e. The zero-order valence-corrected chi connectivity index (χ0v) is 28.9. The van der Waals surface area contributed by atoms with Crippen molar-refractivity contribution < 1.29 is 0 Å². The number of aromatic nitrogens is 3. The molecule has 0 atom stereocenters. The third-order valence-electron chi connectivity index (χ3n) is 10.1. The number of rotatable bonds is 7. The fraction of sp³-hybridized carbons (Fsp3) is 0.0638. The first-order chi connectivity index (χ1) is 25.4. The van der Waals surface area contributed by atoms with Crippen LogP contribution in [0.5, 0.6) is 0 Å². The first-order valence-electron chi connectivity index (χ1n) is 17.5. The molecule has 0 saturated heterocycles. The molecule has 0 amide bonds. The molecule has 0 bridgehead atoms. The van der Waals surface area contributed by atoms with Crippen LogP contribution in [0.4, 0.5) is 11.4 Å². The molecule has 8 aromatic rings. The first kappa shape index (κ1) is 31.3. The summed E-state index contributed by atoms with van der Waals surface area (Å²) in [5.41, 5.74) is 11.4. The Kier molecular flexibility index (Phi) is 7.55. The predicted octanol–water partition coefficient (Wildman–Crippen LogP) is 11.5. The lowest BCUT2D eigenvalue weighted by atomic mass is 9.82. The van der Waals surface area contributed by atoms with Crippen molar-refractivity contribution in [3.05, 3.63) is 186 Å². The molecule has 5 nitrogen and oxygen atoms in total. The normalized spacial score (nSPS) is 12.7. The molecule has 1 heterocycles. The van der Waals surface area contributed by atoms with Crippen molar-refractivity contribution in [2.75, 3.05) is 5.32 Å². The molecule has 0 fully saturated rings. The zero-order valence-electron chi connectivity index (χ0n) is 28.9. The fourth-order valence-corrected chi connectivity index (χ4v) is 7.38. The molecule has 0 spiro atoms. The molecule has 0 radical (unpaired) electrons. The zero-order chi connectivity index (χ0) is 35.2. The standard InChI is InChI=1S/C47H35N5/c1-47(2)40-24-22-34(43(48)39-26-32-18-12-13-19-33(32)29-42(39)49-36-20-10-5-11-21-36)27-37(40)38-28-35(23-25-41(38)47)46-51-44(30-14-6-3-7-15-30)50-45(52-46)31-16-8-4-9-17-31/h3-29,48-49H,1-2H3. The van der Waals surface area contributed by atoms with Gasteiger partial charge in [-0.05, 0) is 69.4 Å². The molecule has 0 unspecified atom stereocenters. The van der Waals surface area contributed by atoms with Gasteiger partial charge in [-0.2, -0.15) is 0 Å². The Labute approximate surface area is 303 Å². The van der Waals surface area contributed by atoms with Gasteiger partial charge in [0.1, 0.15) is 0 Å². The van der Waals surface area contributed by atoms with E-state index in [4.69, 9.17) is 15.0 Å². The second kappa shape index (κ2) is 12.6. The molecule has 7 aromatic carbocycles. The van der Waals surface area contributed by atoms with Gasteiger partial charge in [0, 0.05) is 44.6 Å². The van der Waals surface area contributed by atoms with Gasteiger partial charge in [-0.3, -0.25) is 5.41 Å². The van der Waals surface area contributed by atoms with Crippen molar-refractivity contribution in [3.63, 3.8) is 0 Å². The van der Waals surface area contributed by atoms with Crippen LogP contribution in [0.1, 0.15) is 36.1 Å². The molecule has 2 N–H and O–H groups in total. The minimum absolute atomic E-state index is 0.212. The predicted molar refractivity (Wildman–Crippen MR) is 213 cm³/mol. The van der Waals surface area contributed by atoms with E-state index < -0.39 is 0 Å². The molecule has 1 aliphatic carbocycles. The molecule has 1 aromatic heterocycles. The lowest BCUT2D eigenvalue weighted by molar-refractivity contribution is 0.660. The molecular weight excluding hydrogens is 635 g/mol. The Hall–Kier alpha value is -6.72. The van der Waals surface area contributed by atoms with E-state index in [-0.39, 0.29) is 5.41 Å². The summed E-state index contributed by atoms with van der Waals surface area (Å²) < 4.78 is 0. The van der Waals surface area contributed by atoms with E-state index in [1.165, 1.54) is 11.1 Å². The van der Waals surface area contributed by atoms with Crippen LogP contribution in [0.3, 0.4) is 0 Å². The van der Waals surface area contributed by atoms with Crippen LogP contribution in [0.15, 0.2) is 164 Å². The topological polar surface area (TPSA) is 74.6 Å². The van der Waals surface area contributed by atoms with E-state index >= 15 is 0 Å². The van der Waals surface area contributed by atoms with E-state index in [1.807, 2.05) is 97.1 Å². The second-order valence-electron chi connectivity index (χ2n) is 13.8. The average Bonchev–Trinajstić information content (AvgIpc) is 3.43. The summed E-state index contributed by atoms with van der Waals surface area (Å²) in [5, 5.41) is 15.4. The number of hydrogen-bond donors (Lipinski definition) is 2. The van der Waals surface area contributed by atoms with Gasteiger partial charge in [0.05, 0.1) is 5.71 Å². The van der Waals surface area contributed by atoms with Crippen LogP contribution < -0.4 is 5.32 Å². The molecular formula is C47H35N5. The largest absolute Gasteiger partial charge is 0.355 e. The maximum atomic E-state index is 9.62. The molecule has 0 aliphatic heterocycles. The Balaban J connectivity index is 1.16. The van der Waals surface area contributed by atoms with Gasteiger partial charge in [-0.1, -0.05) is 141 Å². The quantitative estimate of drug-likeness (QED) is 0.166. The average molecular weight is 670 g/mol. The summed E-state index contributed by atoms with van der Waals surface area (Å²) in [6, 6.07) is 55.9. The highest BCUT2D eigenvalue weighted by atomic mass is 15.0. The number of nitrogens with zero attached hydrogens (tertiary/aromatic N) is 3. The minimum atomic E-state index is -0.212. The highest BCUT2D eigenvalue weighted by molar-refractivity contribution is 6.17. The van der Waals surface area contributed by atoms with Crippen LogP contribution in [0.25, 0.3) is 56.1 Å². The van der Waals surface area contributed by atoms with Gasteiger partial charge >= 0.3 is 0 Å². The van der Waals surface area contributed by atoms with Gasteiger partial charge in [0.2, 0.25) is 0 Å². The number of fused-ring (bicyclic) bond motifs is 4. The van der Waals surface area contributed by atoms with Crippen LogP contribution in [-0.4, -0.2) is 20.7 Å². The molecule has 1 aliphatic rings. The Morgan fingerprint density at radius 2 is 1.00 bits per heavy atom. The summed E-state index contributed by atoms with van der Waals surface area (Å²) in [6.45, 7) is 4.55. The monoisotopic (exact) mass is 669 g/mol. The summed E-state index contributed by atoms with van der Waals surface area (Å²) in [5.74, 6) is 1.90. The number of nitrogens with one attached hydrogen (secondary N) is 2. The lowest BCUT2D eigenvalue weighted by Crippen LogP contribution is -2.15. The Morgan fingerprint density at radius 1 is 0.500 bits per heavy atom. The van der Waals surface area contributed by atoms with Crippen molar-refractivity contribution in [3.8, 4) is 45.3 Å². The maximum absolute atomic E-state index is 9.62. The van der Waals surface area contributed by atoms with E-state index in [1.54, 1.807) is 0 Å². The minimum Gasteiger partial charge on any atom is -0.355 e. The van der Waals surface area contributed by atoms with Gasteiger partial charge in [-0.25, -0.2) is 15.0 Å². The SMILES string of the molecule is CC1(C)c2ccc(C(=N)c3cc4ccccc4cc3Nc3ccccc3)cc2-c2cc(-c3nc(-c4ccccc4)nc(-c4ccccc4)n3)ccc21. The van der Waals surface area contributed by atoms with E-state index in [2.05, 4.69) is 85.9 Å². The first-order valence-corrected chi connectivity index (χ1v) is 17.5. The smallest absolute Gasteiger partial charge is 0.164 e. The van der Waals surface area contributed by atoms with Gasteiger partial charge in [0.15, 0.2) is 17.5 Å². The van der Waals surface area contributed by atoms with E-state index in [0.29, 0.717) is 23.2 Å². The van der Waals surface area contributed by atoms with Gasteiger partial charge in [-0.15, -0.1) is 0 Å². The van der Waals surface area contributed by atoms with Crippen molar-refractivity contribution >= 4 is 27.9 Å². The summed E-state index contributed by atoms with van der Waals surface area (Å²) in [7, 11) is 0. The molecule has 0 saturated carbocycles. The van der Waals surface area contributed by atoms with Crippen LogP contribution in [0, 0.1) is 5.41 Å². The fourth-order valence-electron chi connectivity index (χ4n) is 7.38. The number of hydrogen-bond acceptors (Lipinski definition) is 5. The van der Waals surface area contributed by atoms with Crippen molar-refractivity contribution in [2.45, 2.75) is 19.3 Å². The Morgan fingerprint density at radius 3 is 1.62 bits per heavy atom.